The van der Waals surface area contributed by atoms with Gasteiger partial charge in [-0.2, -0.15) is 0 Å². The third kappa shape index (κ3) is 4.61. The molecule has 32 heavy (non-hydrogen) atoms. The summed E-state index contributed by atoms with van der Waals surface area (Å²) in [5.74, 6) is 2.42. The Morgan fingerprint density at radius 2 is 1.97 bits per heavy atom. The molecule has 1 aliphatic carbocycles. The number of thiophene rings is 1. The van der Waals surface area contributed by atoms with Gasteiger partial charge in [-0.15, -0.1) is 11.3 Å². The van der Waals surface area contributed by atoms with E-state index in [1.54, 1.807) is 11.3 Å². The number of aromatic nitrogens is 2. The van der Waals surface area contributed by atoms with Crippen molar-refractivity contribution in [2.75, 3.05) is 20.6 Å². The average molecular weight is 444 g/mol. The van der Waals surface area contributed by atoms with Crippen LogP contribution in [-0.4, -0.2) is 40.9 Å². The van der Waals surface area contributed by atoms with Crippen LogP contribution in [0.5, 0.6) is 0 Å². The minimum Gasteiger partial charge on any atom is -0.383 e. The molecule has 0 spiro atoms. The first kappa shape index (κ1) is 20.9. The van der Waals surface area contributed by atoms with Crippen LogP contribution in [0.1, 0.15) is 40.6 Å². The smallest absolute Gasteiger partial charge is 0.141 e. The van der Waals surface area contributed by atoms with Crippen molar-refractivity contribution in [1.82, 2.24) is 14.5 Å². The number of aliphatic imine (C=N–C) groups is 1. The van der Waals surface area contributed by atoms with Gasteiger partial charge in [0.25, 0.3) is 0 Å². The standard InChI is InChI=1S/C26H29N5S/c1-30(2)13-14-31-23-12-11-21(28-26(27)24-4-3-15-32-24)17-22(23)29-25(31)16-18-5-7-19(8-6-18)20-9-10-20/h3-8,11-12,15,17,20H,9-10,13-14,16H2,1-2H3,(H2,27,28). The minimum atomic E-state index is 0.544. The lowest BCUT2D eigenvalue weighted by Gasteiger charge is -2.13. The highest BCUT2D eigenvalue weighted by Gasteiger charge is 2.23. The molecule has 4 aromatic rings. The van der Waals surface area contributed by atoms with Gasteiger partial charge in [0.05, 0.1) is 21.6 Å². The van der Waals surface area contributed by atoms with E-state index in [0.717, 1.165) is 52.9 Å². The molecule has 1 fully saturated rings. The van der Waals surface area contributed by atoms with Crippen molar-refractivity contribution in [1.29, 1.82) is 0 Å². The Morgan fingerprint density at radius 1 is 1.16 bits per heavy atom. The lowest BCUT2D eigenvalue weighted by atomic mass is 10.1. The number of benzene rings is 2. The SMILES string of the molecule is CN(C)CCn1c(Cc2ccc(C3CC3)cc2)nc2cc(N=C(N)c3cccs3)ccc21. The van der Waals surface area contributed by atoms with Crippen LogP contribution in [0.15, 0.2) is 65.0 Å². The van der Waals surface area contributed by atoms with Gasteiger partial charge in [0.2, 0.25) is 0 Å². The number of hydrogen-bond donors (Lipinski definition) is 1. The van der Waals surface area contributed by atoms with Crippen molar-refractivity contribution in [3.8, 4) is 0 Å². The molecule has 0 amide bonds. The zero-order valence-corrected chi connectivity index (χ0v) is 19.5. The Labute approximate surface area is 193 Å². The maximum absolute atomic E-state index is 6.20. The lowest BCUT2D eigenvalue weighted by molar-refractivity contribution is 0.384. The second kappa shape index (κ2) is 8.88. The molecule has 5 rings (SSSR count). The van der Waals surface area contributed by atoms with Crippen molar-refractivity contribution >= 4 is 33.9 Å². The molecule has 0 bridgehead atoms. The van der Waals surface area contributed by atoms with Gasteiger partial charge < -0.3 is 15.2 Å². The highest BCUT2D eigenvalue weighted by molar-refractivity contribution is 7.12. The van der Waals surface area contributed by atoms with Crippen molar-refractivity contribution in [2.45, 2.75) is 31.7 Å². The summed E-state index contributed by atoms with van der Waals surface area (Å²) < 4.78 is 2.35. The molecule has 1 saturated carbocycles. The number of nitrogens with two attached hydrogens (primary N) is 1. The summed E-state index contributed by atoms with van der Waals surface area (Å²) in [6.07, 6.45) is 3.49. The summed E-state index contributed by atoms with van der Waals surface area (Å²) in [4.78, 5) is 12.8. The maximum atomic E-state index is 6.20. The Bertz CT molecular complexity index is 1230. The quantitative estimate of drug-likeness (QED) is 0.302. The second-order valence-corrected chi connectivity index (χ2v) is 9.77. The Kier molecular flexibility index (Phi) is 5.81. The lowest BCUT2D eigenvalue weighted by Crippen LogP contribution is -2.19. The summed E-state index contributed by atoms with van der Waals surface area (Å²) in [5, 5.41) is 2.01. The molecular formula is C26H29N5S. The van der Waals surface area contributed by atoms with Crippen molar-refractivity contribution in [3.63, 3.8) is 0 Å². The molecule has 0 atom stereocenters. The Balaban J connectivity index is 1.47. The normalized spacial score (nSPS) is 14.5. The minimum absolute atomic E-state index is 0.544. The molecule has 5 nitrogen and oxygen atoms in total. The van der Waals surface area contributed by atoms with E-state index in [0.29, 0.717) is 5.84 Å². The molecule has 0 saturated heterocycles. The Morgan fingerprint density at radius 3 is 2.66 bits per heavy atom. The molecule has 2 aromatic heterocycles. The van der Waals surface area contributed by atoms with E-state index >= 15 is 0 Å². The fourth-order valence-electron chi connectivity index (χ4n) is 4.05. The number of likely N-dealkylation sites (N-methyl/N-ethyl adjacent to an activating group) is 1. The number of hydrogen-bond acceptors (Lipinski definition) is 4. The van der Waals surface area contributed by atoms with Gasteiger partial charge >= 0.3 is 0 Å². The van der Waals surface area contributed by atoms with Gasteiger partial charge in [0.15, 0.2) is 0 Å². The first-order chi connectivity index (χ1) is 15.6. The summed E-state index contributed by atoms with van der Waals surface area (Å²) in [6, 6.07) is 19.3. The number of amidine groups is 1. The first-order valence-corrected chi connectivity index (χ1v) is 12.1. The monoisotopic (exact) mass is 443 g/mol. The van der Waals surface area contributed by atoms with Crippen molar-refractivity contribution in [3.05, 3.63) is 81.8 Å². The van der Waals surface area contributed by atoms with Gasteiger partial charge in [-0.05, 0) is 73.6 Å². The summed E-state index contributed by atoms with van der Waals surface area (Å²) in [7, 11) is 4.21. The van der Waals surface area contributed by atoms with Crippen LogP contribution >= 0.6 is 11.3 Å². The van der Waals surface area contributed by atoms with Gasteiger partial charge in [-0.1, -0.05) is 30.3 Å². The molecule has 0 aliphatic heterocycles. The van der Waals surface area contributed by atoms with Gasteiger partial charge in [0.1, 0.15) is 11.7 Å². The predicted octanol–water partition coefficient (Wildman–Crippen LogP) is 5.16. The summed E-state index contributed by atoms with van der Waals surface area (Å²) in [6.45, 7) is 1.86. The van der Waals surface area contributed by atoms with Crippen LogP contribution in [0.2, 0.25) is 0 Å². The van der Waals surface area contributed by atoms with Crippen LogP contribution in [-0.2, 0) is 13.0 Å². The number of imidazole rings is 1. The average Bonchev–Trinajstić information content (AvgIpc) is 3.36. The molecule has 6 heteroatoms. The van der Waals surface area contributed by atoms with Crippen LogP contribution in [0.3, 0.4) is 0 Å². The van der Waals surface area contributed by atoms with Crippen molar-refractivity contribution < 1.29 is 0 Å². The zero-order chi connectivity index (χ0) is 22.1. The predicted molar refractivity (Wildman–Crippen MR) is 134 cm³/mol. The van der Waals surface area contributed by atoms with Crippen LogP contribution in [0.4, 0.5) is 5.69 Å². The third-order valence-electron chi connectivity index (χ3n) is 6.00. The summed E-state index contributed by atoms with van der Waals surface area (Å²) >= 11 is 1.60. The van der Waals surface area contributed by atoms with Crippen molar-refractivity contribution in [2.24, 2.45) is 10.7 Å². The maximum Gasteiger partial charge on any atom is 0.141 e. The van der Waals surface area contributed by atoms with Gasteiger partial charge in [0, 0.05) is 19.5 Å². The number of rotatable bonds is 8. The molecule has 2 aromatic carbocycles. The van der Waals surface area contributed by atoms with Gasteiger partial charge in [-0.3, -0.25) is 0 Å². The first-order valence-electron chi connectivity index (χ1n) is 11.2. The molecule has 0 radical (unpaired) electrons. The fraction of sp³-hybridized carbons (Fsp3) is 0.308. The largest absolute Gasteiger partial charge is 0.383 e. The van der Waals surface area contributed by atoms with Gasteiger partial charge in [-0.25, -0.2) is 9.98 Å². The highest BCUT2D eigenvalue weighted by atomic mass is 32.1. The fourth-order valence-corrected chi connectivity index (χ4v) is 4.67. The Hall–Kier alpha value is -2.96. The second-order valence-electron chi connectivity index (χ2n) is 8.82. The third-order valence-corrected chi connectivity index (χ3v) is 6.89. The number of nitrogens with zero attached hydrogens (tertiary/aromatic N) is 4. The van der Waals surface area contributed by atoms with Crippen LogP contribution in [0.25, 0.3) is 11.0 Å². The topological polar surface area (TPSA) is 59.4 Å². The van der Waals surface area contributed by atoms with E-state index in [1.165, 1.54) is 24.0 Å². The molecular weight excluding hydrogens is 414 g/mol. The number of fused-ring (bicyclic) bond motifs is 1. The van der Waals surface area contributed by atoms with E-state index in [1.807, 2.05) is 29.6 Å². The van der Waals surface area contributed by atoms with E-state index < -0.39 is 0 Å². The molecule has 1 aliphatic rings. The zero-order valence-electron chi connectivity index (χ0n) is 18.7. The van der Waals surface area contributed by atoms with E-state index in [2.05, 4.69) is 58.9 Å². The van der Waals surface area contributed by atoms with E-state index in [-0.39, 0.29) is 0 Å². The summed E-state index contributed by atoms with van der Waals surface area (Å²) in [5.41, 5.74) is 11.9. The molecule has 2 N–H and O–H groups in total. The van der Waals surface area contributed by atoms with E-state index in [4.69, 9.17) is 10.7 Å². The molecule has 2 heterocycles. The molecule has 0 unspecified atom stereocenters. The van der Waals surface area contributed by atoms with Crippen LogP contribution < -0.4 is 5.73 Å². The molecule has 164 valence electrons. The van der Waals surface area contributed by atoms with E-state index in [9.17, 15) is 0 Å². The highest BCUT2D eigenvalue weighted by Crippen LogP contribution is 2.40. The van der Waals surface area contributed by atoms with Crippen LogP contribution in [0, 0.1) is 0 Å².